The molecule has 0 heterocycles. The summed E-state index contributed by atoms with van der Waals surface area (Å²) in [7, 11) is 0. The van der Waals surface area contributed by atoms with Crippen molar-refractivity contribution in [3.63, 3.8) is 0 Å². The summed E-state index contributed by atoms with van der Waals surface area (Å²) in [6.45, 7) is 0. The van der Waals surface area contributed by atoms with Crippen LogP contribution >= 0.6 is 11.6 Å². The summed E-state index contributed by atoms with van der Waals surface area (Å²) in [5.74, 6) is 0. The van der Waals surface area contributed by atoms with Gasteiger partial charge in [0, 0.05) is 0 Å². The average molecular weight is 299 g/mol. The van der Waals surface area contributed by atoms with Crippen LogP contribution in [0.4, 0.5) is 13.2 Å². The Bertz CT molecular complexity index is 532. The molecule has 2 aromatic carbocycles. The van der Waals surface area contributed by atoms with Crippen LogP contribution in [0.3, 0.4) is 0 Å². The van der Waals surface area contributed by atoms with Crippen LogP contribution in [-0.2, 0) is 12.6 Å². The zero-order valence-corrected chi connectivity index (χ0v) is 11.5. The predicted molar refractivity (Wildman–Crippen MR) is 74.8 cm³/mol. The second-order valence-corrected chi connectivity index (χ2v) is 5.14. The molecule has 2 rings (SSSR count). The molecule has 2 aromatic rings. The Hall–Kier alpha value is -1.48. The number of aryl methyl sites for hydroxylation is 1. The third kappa shape index (κ3) is 4.01. The van der Waals surface area contributed by atoms with Crippen LogP contribution in [0.25, 0.3) is 0 Å². The molecule has 0 nitrogen and oxygen atoms in total. The largest absolute Gasteiger partial charge is 0.416 e. The highest BCUT2D eigenvalue weighted by Gasteiger charge is 2.29. The maximum atomic E-state index is 12.4. The molecule has 0 saturated carbocycles. The van der Waals surface area contributed by atoms with Crippen LogP contribution in [0.2, 0.25) is 0 Å². The molecule has 0 aliphatic rings. The Morgan fingerprint density at radius 3 is 2.05 bits per heavy atom. The van der Waals surface area contributed by atoms with E-state index in [1.165, 1.54) is 12.1 Å². The van der Waals surface area contributed by atoms with Gasteiger partial charge in [0.2, 0.25) is 0 Å². The summed E-state index contributed by atoms with van der Waals surface area (Å²) in [4.78, 5) is 0. The fourth-order valence-corrected chi connectivity index (χ4v) is 2.24. The summed E-state index contributed by atoms with van der Waals surface area (Å²) in [6.07, 6.45) is -2.93. The van der Waals surface area contributed by atoms with Crippen molar-refractivity contribution in [3.05, 3.63) is 71.3 Å². The second kappa shape index (κ2) is 6.31. The average Bonchev–Trinajstić information content (AvgIpc) is 2.45. The molecule has 4 heteroatoms. The van der Waals surface area contributed by atoms with Crippen LogP contribution < -0.4 is 0 Å². The molecular formula is C16H14ClF3. The summed E-state index contributed by atoms with van der Waals surface area (Å²) >= 11 is 6.28. The van der Waals surface area contributed by atoms with Crippen molar-refractivity contribution in [3.8, 4) is 0 Å². The first-order valence-electron chi connectivity index (χ1n) is 6.32. The predicted octanol–water partition coefficient (Wildman–Crippen LogP) is 5.62. The number of benzene rings is 2. The van der Waals surface area contributed by atoms with Crippen molar-refractivity contribution in [1.82, 2.24) is 0 Å². The SMILES string of the molecule is FC(F)(F)c1ccc(CCC(Cl)c2ccccc2)cc1. The molecule has 0 amide bonds. The summed E-state index contributed by atoms with van der Waals surface area (Å²) in [6, 6.07) is 14.9. The maximum Gasteiger partial charge on any atom is 0.416 e. The smallest absolute Gasteiger partial charge is 0.166 e. The fraction of sp³-hybridized carbons (Fsp3) is 0.250. The standard InChI is InChI=1S/C16H14ClF3/c17-15(13-4-2-1-3-5-13)11-8-12-6-9-14(10-7-12)16(18,19)20/h1-7,9-10,15H,8,11H2. The van der Waals surface area contributed by atoms with Crippen LogP contribution in [0, 0.1) is 0 Å². The van der Waals surface area contributed by atoms with Crippen LogP contribution in [0.1, 0.15) is 28.5 Å². The van der Waals surface area contributed by atoms with E-state index in [0.717, 1.165) is 23.3 Å². The third-order valence-corrected chi connectivity index (χ3v) is 3.60. The van der Waals surface area contributed by atoms with E-state index >= 15 is 0 Å². The first-order chi connectivity index (χ1) is 9.47. The summed E-state index contributed by atoms with van der Waals surface area (Å²) < 4.78 is 37.3. The normalized spacial score (nSPS) is 13.2. The van der Waals surface area contributed by atoms with Gasteiger partial charge in [0.1, 0.15) is 0 Å². The van der Waals surface area contributed by atoms with Gasteiger partial charge in [-0.2, -0.15) is 13.2 Å². The topological polar surface area (TPSA) is 0 Å². The molecule has 0 aliphatic heterocycles. The number of alkyl halides is 4. The molecule has 0 spiro atoms. The van der Waals surface area contributed by atoms with E-state index in [2.05, 4.69) is 0 Å². The Balaban J connectivity index is 1.94. The first-order valence-corrected chi connectivity index (χ1v) is 6.75. The van der Waals surface area contributed by atoms with Gasteiger partial charge in [0.25, 0.3) is 0 Å². The third-order valence-electron chi connectivity index (χ3n) is 3.13. The Morgan fingerprint density at radius 1 is 0.900 bits per heavy atom. The Morgan fingerprint density at radius 2 is 1.50 bits per heavy atom. The lowest BCUT2D eigenvalue weighted by atomic mass is 10.0. The van der Waals surface area contributed by atoms with E-state index in [1.54, 1.807) is 0 Å². The molecule has 0 radical (unpaired) electrons. The van der Waals surface area contributed by atoms with Gasteiger partial charge in [0.05, 0.1) is 10.9 Å². The van der Waals surface area contributed by atoms with Crippen LogP contribution in [0.15, 0.2) is 54.6 Å². The van der Waals surface area contributed by atoms with Crippen molar-refractivity contribution < 1.29 is 13.2 Å². The zero-order chi connectivity index (χ0) is 14.6. The van der Waals surface area contributed by atoms with Crippen molar-refractivity contribution in [2.24, 2.45) is 0 Å². The summed E-state index contributed by atoms with van der Waals surface area (Å²) in [5, 5.41) is -0.126. The molecule has 0 fully saturated rings. The zero-order valence-electron chi connectivity index (χ0n) is 10.7. The molecule has 0 bridgehead atoms. The monoisotopic (exact) mass is 298 g/mol. The minimum atomic E-state index is -4.28. The van der Waals surface area contributed by atoms with E-state index in [9.17, 15) is 13.2 Å². The highest BCUT2D eigenvalue weighted by atomic mass is 35.5. The van der Waals surface area contributed by atoms with Gasteiger partial charge in [-0.05, 0) is 36.1 Å². The molecule has 0 N–H and O–H groups in total. The van der Waals surface area contributed by atoms with E-state index in [4.69, 9.17) is 11.6 Å². The van der Waals surface area contributed by atoms with E-state index < -0.39 is 11.7 Å². The first kappa shape index (κ1) is 14.9. The fourth-order valence-electron chi connectivity index (χ4n) is 1.98. The van der Waals surface area contributed by atoms with Gasteiger partial charge in [-0.15, -0.1) is 11.6 Å². The molecule has 0 saturated heterocycles. The molecule has 1 atom stereocenters. The molecule has 0 aliphatic carbocycles. The quantitative estimate of drug-likeness (QED) is 0.643. The molecule has 1 unspecified atom stereocenters. The van der Waals surface area contributed by atoms with Crippen molar-refractivity contribution in [1.29, 1.82) is 0 Å². The van der Waals surface area contributed by atoms with Gasteiger partial charge in [-0.25, -0.2) is 0 Å². The Labute approximate surface area is 121 Å². The molecular weight excluding hydrogens is 285 g/mol. The molecule has 20 heavy (non-hydrogen) atoms. The van der Waals surface area contributed by atoms with Crippen molar-refractivity contribution >= 4 is 11.6 Å². The van der Waals surface area contributed by atoms with E-state index in [0.29, 0.717) is 12.8 Å². The van der Waals surface area contributed by atoms with Crippen molar-refractivity contribution in [2.45, 2.75) is 24.4 Å². The van der Waals surface area contributed by atoms with E-state index in [1.807, 2.05) is 30.3 Å². The molecule has 0 aromatic heterocycles. The van der Waals surface area contributed by atoms with Gasteiger partial charge in [-0.1, -0.05) is 42.5 Å². The number of hydrogen-bond acceptors (Lipinski definition) is 0. The highest BCUT2D eigenvalue weighted by molar-refractivity contribution is 6.20. The lowest BCUT2D eigenvalue weighted by molar-refractivity contribution is -0.137. The summed E-state index contributed by atoms with van der Waals surface area (Å²) in [5.41, 5.74) is 1.27. The van der Waals surface area contributed by atoms with Gasteiger partial charge in [-0.3, -0.25) is 0 Å². The number of halogens is 4. The second-order valence-electron chi connectivity index (χ2n) is 4.61. The van der Waals surface area contributed by atoms with Crippen LogP contribution in [0.5, 0.6) is 0 Å². The minimum absolute atomic E-state index is 0.126. The van der Waals surface area contributed by atoms with Gasteiger partial charge >= 0.3 is 6.18 Å². The van der Waals surface area contributed by atoms with E-state index in [-0.39, 0.29) is 5.38 Å². The maximum absolute atomic E-state index is 12.4. The lowest BCUT2D eigenvalue weighted by Gasteiger charge is -2.11. The van der Waals surface area contributed by atoms with Gasteiger partial charge < -0.3 is 0 Å². The number of hydrogen-bond donors (Lipinski definition) is 0. The van der Waals surface area contributed by atoms with Crippen LogP contribution in [-0.4, -0.2) is 0 Å². The Kier molecular flexibility index (Phi) is 4.71. The van der Waals surface area contributed by atoms with Crippen molar-refractivity contribution in [2.75, 3.05) is 0 Å². The number of rotatable bonds is 4. The van der Waals surface area contributed by atoms with Gasteiger partial charge in [0.15, 0.2) is 0 Å². The highest BCUT2D eigenvalue weighted by Crippen LogP contribution is 2.30. The minimum Gasteiger partial charge on any atom is -0.166 e. The lowest BCUT2D eigenvalue weighted by Crippen LogP contribution is -2.04. The molecule has 106 valence electrons.